The molecule has 0 aliphatic heterocycles. The molecule has 1 unspecified atom stereocenters. The van der Waals surface area contributed by atoms with Crippen molar-refractivity contribution in [2.75, 3.05) is 20.2 Å². The molecule has 2 aromatic rings. The van der Waals surface area contributed by atoms with Gasteiger partial charge in [0.05, 0.1) is 6.04 Å². The highest BCUT2D eigenvalue weighted by atomic mass is 19.1. The summed E-state index contributed by atoms with van der Waals surface area (Å²) in [6, 6.07) is 6.02. The molecule has 1 aromatic carbocycles. The van der Waals surface area contributed by atoms with Gasteiger partial charge in [-0.2, -0.15) is 0 Å². The number of rotatable bonds is 7. The fourth-order valence-corrected chi connectivity index (χ4v) is 1.80. The molecule has 0 bridgehead atoms. The van der Waals surface area contributed by atoms with Crippen LogP contribution in [0.25, 0.3) is 0 Å². The normalized spacial score (nSPS) is 12.6. The Hall–Kier alpha value is -1.95. The number of benzene rings is 1. The van der Waals surface area contributed by atoms with Crippen LogP contribution in [0.2, 0.25) is 0 Å². The first-order chi connectivity index (χ1) is 10.1. The number of ether oxygens (including phenoxy) is 1. The molecule has 1 aromatic heterocycles. The van der Waals surface area contributed by atoms with E-state index in [1.165, 1.54) is 12.1 Å². The van der Waals surface area contributed by atoms with Crippen LogP contribution in [0.15, 0.2) is 28.7 Å². The summed E-state index contributed by atoms with van der Waals surface area (Å²) in [5.74, 6) is 1.64. The molecule has 0 spiro atoms. The van der Waals surface area contributed by atoms with E-state index in [0.717, 1.165) is 6.42 Å². The highest BCUT2D eigenvalue weighted by molar-refractivity contribution is 5.21. The van der Waals surface area contributed by atoms with Crippen LogP contribution in [-0.2, 0) is 6.42 Å². The number of likely N-dealkylation sites (N-methyl/N-ethyl adjacent to an activating group) is 1. The lowest BCUT2D eigenvalue weighted by Gasteiger charge is -2.21. The van der Waals surface area contributed by atoms with Crippen LogP contribution in [0.1, 0.15) is 31.7 Å². The molecular weight excluding hydrogens is 273 g/mol. The van der Waals surface area contributed by atoms with E-state index in [4.69, 9.17) is 9.15 Å². The molecule has 5 nitrogen and oxygen atoms in total. The van der Waals surface area contributed by atoms with Gasteiger partial charge in [-0.05, 0) is 38.2 Å². The maximum Gasteiger partial charge on any atom is 0.233 e. The maximum absolute atomic E-state index is 12.8. The average Bonchev–Trinajstić information content (AvgIpc) is 2.97. The molecule has 0 amide bonds. The van der Waals surface area contributed by atoms with Gasteiger partial charge in [-0.25, -0.2) is 4.39 Å². The van der Waals surface area contributed by atoms with Gasteiger partial charge < -0.3 is 9.15 Å². The second kappa shape index (κ2) is 7.17. The first-order valence-electron chi connectivity index (χ1n) is 7.01. The second-order valence-electron chi connectivity index (χ2n) is 4.85. The molecule has 114 valence electrons. The van der Waals surface area contributed by atoms with Gasteiger partial charge in [0.25, 0.3) is 0 Å². The molecule has 0 fully saturated rings. The Morgan fingerprint density at radius 1 is 1.29 bits per heavy atom. The minimum Gasteiger partial charge on any atom is -0.492 e. The van der Waals surface area contributed by atoms with Gasteiger partial charge in [0, 0.05) is 13.0 Å². The van der Waals surface area contributed by atoms with Crippen molar-refractivity contribution in [3.63, 3.8) is 0 Å². The summed E-state index contributed by atoms with van der Waals surface area (Å²) in [4.78, 5) is 2.07. The van der Waals surface area contributed by atoms with Crippen LogP contribution in [-0.4, -0.2) is 35.3 Å². The lowest BCUT2D eigenvalue weighted by molar-refractivity contribution is 0.180. The van der Waals surface area contributed by atoms with Gasteiger partial charge in [-0.3, -0.25) is 4.90 Å². The minimum atomic E-state index is -0.267. The highest BCUT2D eigenvalue weighted by Gasteiger charge is 2.17. The fourth-order valence-electron chi connectivity index (χ4n) is 1.80. The van der Waals surface area contributed by atoms with Crippen molar-refractivity contribution in [1.29, 1.82) is 0 Å². The molecule has 21 heavy (non-hydrogen) atoms. The molecule has 0 N–H and O–H groups in total. The van der Waals surface area contributed by atoms with Gasteiger partial charge in [0.15, 0.2) is 0 Å². The number of halogens is 1. The Balaban J connectivity index is 1.80. The highest BCUT2D eigenvalue weighted by Crippen LogP contribution is 2.17. The van der Waals surface area contributed by atoms with Crippen LogP contribution >= 0.6 is 0 Å². The molecule has 0 saturated heterocycles. The summed E-state index contributed by atoms with van der Waals surface area (Å²) >= 11 is 0. The predicted octanol–water partition coefficient (Wildman–Crippen LogP) is 2.84. The molecule has 0 aliphatic rings. The van der Waals surface area contributed by atoms with E-state index in [1.54, 1.807) is 12.1 Å². The van der Waals surface area contributed by atoms with Crippen molar-refractivity contribution in [2.45, 2.75) is 26.3 Å². The summed E-state index contributed by atoms with van der Waals surface area (Å²) in [6.07, 6.45) is 0.733. The minimum absolute atomic E-state index is 0.0228. The lowest BCUT2D eigenvalue weighted by atomic mass is 10.3. The zero-order valence-electron chi connectivity index (χ0n) is 12.5. The molecule has 0 radical (unpaired) electrons. The van der Waals surface area contributed by atoms with Crippen LogP contribution in [0.4, 0.5) is 4.39 Å². The number of hydrogen-bond acceptors (Lipinski definition) is 5. The van der Waals surface area contributed by atoms with E-state index in [-0.39, 0.29) is 11.9 Å². The van der Waals surface area contributed by atoms with Gasteiger partial charge in [-0.1, -0.05) is 6.92 Å². The quantitative estimate of drug-likeness (QED) is 0.785. The number of aryl methyl sites for hydroxylation is 1. The predicted molar refractivity (Wildman–Crippen MR) is 76.6 cm³/mol. The monoisotopic (exact) mass is 293 g/mol. The smallest absolute Gasteiger partial charge is 0.233 e. The largest absolute Gasteiger partial charge is 0.492 e. The lowest BCUT2D eigenvalue weighted by Crippen LogP contribution is -2.27. The molecular formula is C15H20FN3O2. The summed E-state index contributed by atoms with van der Waals surface area (Å²) in [6.45, 7) is 5.18. The summed E-state index contributed by atoms with van der Waals surface area (Å²) in [7, 11) is 1.97. The van der Waals surface area contributed by atoms with E-state index < -0.39 is 0 Å². The van der Waals surface area contributed by atoms with Gasteiger partial charge >= 0.3 is 0 Å². The first-order valence-corrected chi connectivity index (χ1v) is 7.01. The van der Waals surface area contributed by atoms with E-state index >= 15 is 0 Å². The Labute approximate surface area is 123 Å². The third-order valence-electron chi connectivity index (χ3n) is 3.33. The molecule has 1 heterocycles. The van der Waals surface area contributed by atoms with Gasteiger partial charge in [0.2, 0.25) is 11.8 Å². The van der Waals surface area contributed by atoms with Crippen LogP contribution in [0, 0.1) is 5.82 Å². The number of hydrogen-bond donors (Lipinski definition) is 0. The number of aromatic nitrogens is 2. The second-order valence-corrected chi connectivity index (χ2v) is 4.85. The van der Waals surface area contributed by atoms with Crippen molar-refractivity contribution in [1.82, 2.24) is 15.1 Å². The summed E-state index contributed by atoms with van der Waals surface area (Å²) in [5.41, 5.74) is 0. The Morgan fingerprint density at radius 2 is 2.00 bits per heavy atom. The maximum atomic E-state index is 12.8. The first kappa shape index (κ1) is 15.4. The molecule has 0 saturated carbocycles. The van der Waals surface area contributed by atoms with Crippen molar-refractivity contribution < 1.29 is 13.5 Å². The topological polar surface area (TPSA) is 51.4 Å². The van der Waals surface area contributed by atoms with Crippen LogP contribution < -0.4 is 4.74 Å². The molecule has 1 atom stereocenters. The zero-order valence-corrected chi connectivity index (χ0v) is 12.5. The average molecular weight is 293 g/mol. The zero-order chi connectivity index (χ0) is 15.2. The van der Waals surface area contributed by atoms with Crippen molar-refractivity contribution in [3.05, 3.63) is 41.9 Å². The van der Waals surface area contributed by atoms with Crippen molar-refractivity contribution in [3.8, 4) is 5.75 Å². The third-order valence-corrected chi connectivity index (χ3v) is 3.33. The molecule has 0 aliphatic carbocycles. The third kappa shape index (κ3) is 4.26. The van der Waals surface area contributed by atoms with Crippen LogP contribution in [0.3, 0.4) is 0 Å². The summed E-state index contributed by atoms with van der Waals surface area (Å²) < 4.78 is 23.9. The van der Waals surface area contributed by atoms with Gasteiger partial charge in [-0.15, -0.1) is 10.2 Å². The van der Waals surface area contributed by atoms with E-state index in [1.807, 2.05) is 20.9 Å². The molecule has 6 heteroatoms. The standard InChI is InChI=1S/C15H20FN3O2/c1-4-14-17-18-15(21-14)11(2)19(3)9-10-20-13-7-5-12(16)6-8-13/h5-8,11H,4,9-10H2,1-3H3. The van der Waals surface area contributed by atoms with Crippen LogP contribution in [0.5, 0.6) is 5.75 Å². The van der Waals surface area contributed by atoms with Crippen molar-refractivity contribution in [2.24, 2.45) is 0 Å². The van der Waals surface area contributed by atoms with Crippen molar-refractivity contribution >= 4 is 0 Å². The molecule has 2 rings (SSSR count). The van der Waals surface area contributed by atoms with E-state index in [0.29, 0.717) is 30.7 Å². The Morgan fingerprint density at radius 3 is 2.62 bits per heavy atom. The summed E-state index contributed by atoms with van der Waals surface area (Å²) in [5, 5.41) is 8.01. The Bertz CT molecular complexity index is 556. The van der Waals surface area contributed by atoms with E-state index in [9.17, 15) is 4.39 Å². The fraction of sp³-hybridized carbons (Fsp3) is 0.467. The van der Waals surface area contributed by atoms with E-state index in [2.05, 4.69) is 15.1 Å². The Kier molecular flexibility index (Phi) is 5.27. The van der Waals surface area contributed by atoms with Gasteiger partial charge in [0.1, 0.15) is 18.2 Å². The SMILES string of the molecule is CCc1nnc(C(C)N(C)CCOc2ccc(F)cc2)o1. The number of nitrogens with zero attached hydrogens (tertiary/aromatic N) is 3.